The van der Waals surface area contributed by atoms with Crippen molar-refractivity contribution in [2.24, 2.45) is 5.92 Å². The number of nitrogen functional groups attached to an aromatic ring is 1. The molecule has 1 heterocycles. The fraction of sp³-hybridized carbons (Fsp3) is 0.545. The van der Waals surface area contributed by atoms with Crippen molar-refractivity contribution in [2.75, 3.05) is 12.3 Å². The maximum Gasteiger partial charge on any atom is 0.244 e. The molecule has 0 saturated heterocycles. The molecule has 1 aromatic heterocycles. The van der Waals surface area contributed by atoms with Gasteiger partial charge in [0.15, 0.2) is 0 Å². The Morgan fingerprint density at radius 3 is 2.76 bits per heavy atom. The lowest BCUT2D eigenvalue weighted by atomic mass is 10.1. The summed E-state index contributed by atoms with van der Waals surface area (Å²) in [5.41, 5.74) is 5.53. The van der Waals surface area contributed by atoms with Gasteiger partial charge in [-0.2, -0.15) is 0 Å². The number of sulfonamides is 1. The van der Waals surface area contributed by atoms with Crippen LogP contribution in [0, 0.1) is 5.92 Å². The zero-order chi connectivity index (χ0) is 12.9. The minimum absolute atomic E-state index is 0.0314. The van der Waals surface area contributed by atoms with Crippen LogP contribution in [0.3, 0.4) is 0 Å². The van der Waals surface area contributed by atoms with Gasteiger partial charge in [-0.1, -0.05) is 13.8 Å². The summed E-state index contributed by atoms with van der Waals surface area (Å²) in [6, 6.07) is 3.01. The Morgan fingerprint density at radius 2 is 2.18 bits per heavy atom. The fourth-order valence-corrected chi connectivity index (χ4v) is 2.58. The van der Waals surface area contributed by atoms with Crippen LogP contribution in [0.1, 0.15) is 26.7 Å². The summed E-state index contributed by atoms with van der Waals surface area (Å²) >= 11 is 0. The lowest BCUT2D eigenvalue weighted by molar-refractivity contribution is 0.540. The van der Waals surface area contributed by atoms with Crippen LogP contribution in [0.15, 0.2) is 23.2 Å². The highest BCUT2D eigenvalue weighted by Gasteiger charge is 2.16. The summed E-state index contributed by atoms with van der Waals surface area (Å²) < 4.78 is 26.3. The Labute approximate surface area is 102 Å². The van der Waals surface area contributed by atoms with Crippen molar-refractivity contribution in [1.82, 2.24) is 9.71 Å². The molecule has 0 unspecified atom stereocenters. The molecule has 96 valence electrons. The second kappa shape index (κ2) is 5.97. The van der Waals surface area contributed by atoms with Crippen molar-refractivity contribution in [1.29, 1.82) is 0 Å². The number of hydrogen-bond donors (Lipinski definition) is 2. The highest BCUT2D eigenvalue weighted by atomic mass is 32.2. The van der Waals surface area contributed by atoms with E-state index in [1.165, 1.54) is 12.3 Å². The average molecular weight is 257 g/mol. The molecule has 0 aliphatic heterocycles. The first-order valence-electron chi connectivity index (χ1n) is 5.63. The number of anilines is 1. The minimum atomic E-state index is -3.53. The van der Waals surface area contributed by atoms with Gasteiger partial charge in [-0.05, 0) is 30.9 Å². The summed E-state index contributed by atoms with van der Waals surface area (Å²) in [4.78, 5) is 3.81. The van der Waals surface area contributed by atoms with Gasteiger partial charge in [-0.15, -0.1) is 0 Å². The standard InChI is InChI=1S/C11H19N3O2S/c1-9(2)5-3-8-14-17(15,16)10-6-4-7-13-11(10)12/h4,6-7,9,14H,3,5,8H2,1-2H3,(H2,12,13). The van der Waals surface area contributed by atoms with Crippen LogP contribution in [-0.2, 0) is 10.0 Å². The van der Waals surface area contributed by atoms with Crippen LogP contribution >= 0.6 is 0 Å². The minimum Gasteiger partial charge on any atom is -0.383 e. The van der Waals surface area contributed by atoms with Gasteiger partial charge >= 0.3 is 0 Å². The molecule has 17 heavy (non-hydrogen) atoms. The summed E-state index contributed by atoms with van der Waals surface area (Å²) in [5, 5.41) is 0. The maximum absolute atomic E-state index is 11.9. The van der Waals surface area contributed by atoms with Crippen LogP contribution in [0.25, 0.3) is 0 Å². The quantitative estimate of drug-likeness (QED) is 0.754. The van der Waals surface area contributed by atoms with Crippen molar-refractivity contribution < 1.29 is 8.42 Å². The Bertz CT molecular complexity index is 458. The van der Waals surface area contributed by atoms with E-state index in [9.17, 15) is 8.42 Å². The first-order valence-corrected chi connectivity index (χ1v) is 7.12. The lowest BCUT2D eigenvalue weighted by Gasteiger charge is -2.08. The van der Waals surface area contributed by atoms with E-state index in [1.54, 1.807) is 6.07 Å². The van der Waals surface area contributed by atoms with Crippen LogP contribution in [0.5, 0.6) is 0 Å². The Kier molecular flexibility index (Phi) is 4.89. The monoisotopic (exact) mass is 257 g/mol. The molecule has 0 saturated carbocycles. The second-order valence-electron chi connectivity index (χ2n) is 4.32. The normalized spacial score (nSPS) is 11.9. The van der Waals surface area contributed by atoms with E-state index in [2.05, 4.69) is 23.6 Å². The smallest absolute Gasteiger partial charge is 0.244 e. The summed E-state index contributed by atoms with van der Waals surface area (Å²) in [7, 11) is -3.53. The van der Waals surface area contributed by atoms with Gasteiger partial charge in [-0.3, -0.25) is 0 Å². The van der Waals surface area contributed by atoms with Gasteiger partial charge in [0.2, 0.25) is 10.0 Å². The van der Waals surface area contributed by atoms with E-state index < -0.39 is 10.0 Å². The van der Waals surface area contributed by atoms with Crippen molar-refractivity contribution in [3.63, 3.8) is 0 Å². The van der Waals surface area contributed by atoms with Crippen LogP contribution < -0.4 is 10.5 Å². The molecular formula is C11H19N3O2S. The van der Waals surface area contributed by atoms with Crippen molar-refractivity contribution in [3.05, 3.63) is 18.3 Å². The molecule has 1 aromatic rings. The molecule has 6 heteroatoms. The number of nitrogens with one attached hydrogen (secondary N) is 1. The number of pyridine rings is 1. The van der Waals surface area contributed by atoms with E-state index in [0.717, 1.165) is 12.8 Å². The van der Waals surface area contributed by atoms with Gasteiger partial charge in [0, 0.05) is 12.7 Å². The number of nitrogens with zero attached hydrogens (tertiary/aromatic N) is 1. The average Bonchev–Trinajstić information content (AvgIpc) is 2.24. The number of aromatic nitrogens is 1. The van der Waals surface area contributed by atoms with E-state index in [4.69, 9.17) is 5.73 Å². The summed E-state index contributed by atoms with van der Waals surface area (Å²) in [6.07, 6.45) is 3.27. The zero-order valence-corrected chi connectivity index (χ0v) is 11.0. The predicted octanol–water partition coefficient (Wildman–Crippen LogP) is 1.38. The molecule has 0 aromatic carbocycles. The Balaban J connectivity index is 2.61. The first-order chi connectivity index (χ1) is 7.93. The highest BCUT2D eigenvalue weighted by molar-refractivity contribution is 7.89. The SMILES string of the molecule is CC(C)CCCNS(=O)(=O)c1cccnc1N. The van der Waals surface area contributed by atoms with Crippen LogP contribution in [0.4, 0.5) is 5.82 Å². The molecule has 5 nitrogen and oxygen atoms in total. The lowest BCUT2D eigenvalue weighted by Crippen LogP contribution is -2.26. The largest absolute Gasteiger partial charge is 0.383 e. The molecule has 3 N–H and O–H groups in total. The number of nitrogens with two attached hydrogens (primary N) is 1. The van der Waals surface area contributed by atoms with Crippen molar-refractivity contribution >= 4 is 15.8 Å². The van der Waals surface area contributed by atoms with Crippen LogP contribution in [-0.4, -0.2) is 19.9 Å². The van der Waals surface area contributed by atoms with Gasteiger partial charge in [0.25, 0.3) is 0 Å². The molecule has 0 bridgehead atoms. The molecule has 0 spiro atoms. The van der Waals surface area contributed by atoms with E-state index in [0.29, 0.717) is 12.5 Å². The first kappa shape index (κ1) is 13.9. The highest BCUT2D eigenvalue weighted by Crippen LogP contribution is 2.14. The maximum atomic E-state index is 11.9. The molecule has 0 radical (unpaired) electrons. The number of rotatable bonds is 6. The Morgan fingerprint density at radius 1 is 1.47 bits per heavy atom. The topological polar surface area (TPSA) is 85.1 Å². The molecule has 0 amide bonds. The molecule has 0 aliphatic rings. The van der Waals surface area contributed by atoms with Gasteiger partial charge in [0.05, 0.1) is 0 Å². The number of hydrogen-bond acceptors (Lipinski definition) is 4. The van der Waals surface area contributed by atoms with Crippen molar-refractivity contribution in [3.8, 4) is 0 Å². The molecule has 1 rings (SSSR count). The summed E-state index contributed by atoms with van der Waals surface area (Å²) in [6.45, 7) is 4.63. The van der Waals surface area contributed by atoms with E-state index in [1.807, 2.05) is 0 Å². The molecule has 0 aliphatic carbocycles. The van der Waals surface area contributed by atoms with Gasteiger partial charge in [-0.25, -0.2) is 18.1 Å². The van der Waals surface area contributed by atoms with E-state index in [-0.39, 0.29) is 10.7 Å². The third-order valence-corrected chi connectivity index (χ3v) is 3.85. The second-order valence-corrected chi connectivity index (χ2v) is 6.06. The molecular weight excluding hydrogens is 238 g/mol. The zero-order valence-electron chi connectivity index (χ0n) is 10.2. The molecule has 0 fully saturated rings. The fourth-order valence-electron chi connectivity index (χ4n) is 1.42. The van der Waals surface area contributed by atoms with Crippen LogP contribution in [0.2, 0.25) is 0 Å². The van der Waals surface area contributed by atoms with Gasteiger partial charge in [0.1, 0.15) is 10.7 Å². The third kappa shape index (κ3) is 4.32. The van der Waals surface area contributed by atoms with Gasteiger partial charge < -0.3 is 5.73 Å². The Hall–Kier alpha value is -1.14. The summed E-state index contributed by atoms with van der Waals surface area (Å²) in [5.74, 6) is 0.604. The van der Waals surface area contributed by atoms with E-state index >= 15 is 0 Å². The third-order valence-electron chi connectivity index (χ3n) is 2.34. The molecule has 0 atom stereocenters. The predicted molar refractivity (Wildman–Crippen MR) is 67.9 cm³/mol. The van der Waals surface area contributed by atoms with Crippen molar-refractivity contribution in [2.45, 2.75) is 31.6 Å².